The van der Waals surface area contributed by atoms with E-state index in [1.807, 2.05) is 30.9 Å². The maximum atomic E-state index is 13.0. The molecule has 0 spiro atoms. The van der Waals surface area contributed by atoms with E-state index in [0.29, 0.717) is 0 Å². The molecule has 6 nitrogen and oxygen atoms in total. The predicted molar refractivity (Wildman–Crippen MR) is 108 cm³/mol. The van der Waals surface area contributed by atoms with Crippen molar-refractivity contribution < 1.29 is 4.79 Å². The fraction of sp³-hybridized carbons (Fsp3) is 0.368. The summed E-state index contributed by atoms with van der Waals surface area (Å²) in [6.45, 7) is 8.01. The van der Waals surface area contributed by atoms with Crippen LogP contribution in [-0.2, 0) is 6.54 Å². The average Bonchev–Trinajstić information content (AvgIpc) is 3.28. The van der Waals surface area contributed by atoms with Crippen LogP contribution in [0.25, 0.3) is 10.6 Å². The zero-order valence-electron chi connectivity index (χ0n) is 15.4. The third-order valence-electron chi connectivity index (χ3n) is 4.61. The molecule has 27 heavy (non-hydrogen) atoms. The Hall–Kier alpha value is -2.16. The van der Waals surface area contributed by atoms with Crippen molar-refractivity contribution in [2.75, 3.05) is 26.2 Å². The number of nitrogens with zero attached hydrogens (tertiary/aromatic N) is 5. The summed E-state index contributed by atoms with van der Waals surface area (Å²) in [7, 11) is 0. The number of amides is 1. The van der Waals surface area contributed by atoms with Gasteiger partial charge >= 0.3 is 0 Å². The van der Waals surface area contributed by atoms with E-state index >= 15 is 0 Å². The molecule has 0 aromatic carbocycles. The van der Waals surface area contributed by atoms with Crippen molar-refractivity contribution in [2.45, 2.75) is 20.4 Å². The monoisotopic (exact) mass is 399 g/mol. The van der Waals surface area contributed by atoms with Crippen LogP contribution in [0.1, 0.15) is 26.1 Å². The lowest BCUT2D eigenvalue weighted by molar-refractivity contribution is 0.0631. The largest absolute Gasteiger partial charge is 0.335 e. The number of hydrogen-bond donors (Lipinski definition) is 0. The quantitative estimate of drug-likeness (QED) is 0.674. The van der Waals surface area contributed by atoms with E-state index in [1.54, 1.807) is 23.7 Å². The Bertz CT molecular complexity index is 929. The highest BCUT2D eigenvalue weighted by atomic mass is 32.1. The molecule has 0 unspecified atom stereocenters. The Morgan fingerprint density at radius 3 is 2.67 bits per heavy atom. The normalized spacial score (nSPS) is 15.3. The molecule has 0 aliphatic carbocycles. The Labute approximate surface area is 166 Å². The number of carbonyl (C=O) groups excluding carboxylic acids is 1. The summed E-state index contributed by atoms with van der Waals surface area (Å²) in [5.41, 5.74) is 2.87. The van der Waals surface area contributed by atoms with Gasteiger partial charge in [-0.1, -0.05) is 0 Å². The maximum Gasteiger partial charge on any atom is 0.265 e. The SMILES string of the molecule is Cc1nc(CN2CCN(C(=O)c3sc(-c4cccnc4)nc3C)CC2)cs1. The fourth-order valence-electron chi connectivity index (χ4n) is 3.17. The molecule has 4 rings (SSSR count). The van der Waals surface area contributed by atoms with Gasteiger partial charge in [0.2, 0.25) is 0 Å². The van der Waals surface area contributed by atoms with Crippen molar-refractivity contribution >= 4 is 28.6 Å². The summed E-state index contributed by atoms with van der Waals surface area (Å²) in [6, 6.07) is 3.86. The number of thiazole rings is 2. The van der Waals surface area contributed by atoms with Gasteiger partial charge in [-0.3, -0.25) is 14.7 Å². The summed E-state index contributed by atoms with van der Waals surface area (Å²) in [6.07, 6.45) is 3.52. The smallest absolute Gasteiger partial charge is 0.265 e. The Kier molecular flexibility index (Phi) is 5.29. The number of aryl methyl sites for hydroxylation is 2. The van der Waals surface area contributed by atoms with Crippen LogP contribution in [0.2, 0.25) is 0 Å². The maximum absolute atomic E-state index is 13.0. The van der Waals surface area contributed by atoms with Crippen molar-refractivity contribution in [2.24, 2.45) is 0 Å². The molecular weight excluding hydrogens is 378 g/mol. The van der Waals surface area contributed by atoms with Gasteiger partial charge in [-0.25, -0.2) is 9.97 Å². The second-order valence-electron chi connectivity index (χ2n) is 6.60. The molecule has 1 aliphatic rings. The summed E-state index contributed by atoms with van der Waals surface area (Å²) >= 11 is 3.14. The van der Waals surface area contributed by atoms with Crippen LogP contribution in [0.5, 0.6) is 0 Å². The van der Waals surface area contributed by atoms with E-state index < -0.39 is 0 Å². The van der Waals surface area contributed by atoms with E-state index in [1.165, 1.54) is 11.3 Å². The van der Waals surface area contributed by atoms with Gasteiger partial charge in [-0.15, -0.1) is 22.7 Å². The van der Waals surface area contributed by atoms with Crippen LogP contribution in [0.3, 0.4) is 0 Å². The lowest BCUT2D eigenvalue weighted by atomic mass is 10.2. The molecule has 140 valence electrons. The highest BCUT2D eigenvalue weighted by Crippen LogP contribution is 2.28. The highest BCUT2D eigenvalue weighted by Gasteiger charge is 2.26. The standard InChI is InChI=1S/C19H21N5OS2/c1-13-17(27-18(21-13)15-4-3-5-20-10-15)19(25)24-8-6-23(7-9-24)11-16-12-26-14(2)22-16/h3-5,10,12H,6-9,11H2,1-2H3. The summed E-state index contributed by atoms with van der Waals surface area (Å²) in [5, 5.41) is 4.07. The molecule has 3 aromatic rings. The van der Waals surface area contributed by atoms with Crippen LogP contribution in [-0.4, -0.2) is 56.8 Å². The Morgan fingerprint density at radius 1 is 1.19 bits per heavy atom. The van der Waals surface area contributed by atoms with E-state index in [2.05, 4.69) is 25.2 Å². The topological polar surface area (TPSA) is 62.2 Å². The van der Waals surface area contributed by atoms with Gasteiger partial charge in [0.05, 0.1) is 16.4 Å². The number of carbonyl (C=O) groups is 1. The van der Waals surface area contributed by atoms with Gasteiger partial charge in [0.15, 0.2) is 0 Å². The lowest BCUT2D eigenvalue weighted by Gasteiger charge is -2.34. The van der Waals surface area contributed by atoms with Crippen LogP contribution in [0.15, 0.2) is 29.9 Å². The molecule has 0 saturated carbocycles. The van der Waals surface area contributed by atoms with Crippen LogP contribution < -0.4 is 0 Å². The number of rotatable bonds is 4. The van der Waals surface area contributed by atoms with E-state index in [4.69, 9.17) is 0 Å². The molecule has 8 heteroatoms. The molecule has 1 amide bonds. The molecule has 3 aromatic heterocycles. The second-order valence-corrected chi connectivity index (χ2v) is 8.66. The van der Waals surface area contributed by atoms with Crippen molar-refractivity contribution in [1.82, 2.24) is 24.8 Å². The lowest BCUT2D eigenvalue weighted by Crippen LogP contribution is -2.48. The van der Waals surface area contributed by atoms with Gasteiger partial charge in [0.1, 0.15) is 9.88 Å². The van der Waals surface area contributed by atoms with Gasteiger partial charge in [0.25, 0.3) is 5.91 Å². The summed E-state index contributed by atoms with van der Waals surface area (Å²) in [4.78, 5) is 31.3. The van der Waals surface area contributed by atoms with Crippen molar-refractivity contribution in [3.05, 3.63) is 51.2 Å². The van der Waals surface area contributed by atoms with Crippen molar-refractivity contribution in [3.8, 4) is 10.6 Å². The van der Waals surface area contributed by atoms with Crippen LogP contribution >= 0.6 is 22.7 Å². The predicted octanol–water partition coefficient (Wildman–Crippen LogP) is 3.24. The highest BCUT2D eigenvalue weighted by molar-refractivity contribution is 7.17. The number of aromatic nitrogens is 3. The third-order valence-corrected chi connectivity index (χ3v) is 6.63. The minimum absolute atomic E-state index is 0.0873. The summed E-state index contributed by atoms with van der Waals surface area (Å²) < 4.78 is 0. The first-order chi connectivity index (χ1) is 13.1. The molecular formula is C19H21N5OS2. The second kappa shape index (κ2) is 7.84. The molecule has 1 aliphatic heterocycles. The molecule has 0 atom stereocenters. The zero-order chi connectivity index (χ0) is 18.8. The van der Waals surface area contributed by atoms with E-state index in [0.717, 1.165) is 64.6 Å². The van der Waals surface area contributed by atoms with Crippen LogP contribution in [0.4, 0.5) is 0 Å². The van der Waals surface area contributed by atoms with Gasteiger partial charge < -0.3 is 4.90 Å². The zero-order valence-corrected chi connectivity index (χ0v) is 17.0. The molecule has 4 heterocycles. The molecule has 0 bridgehead atoms. The van der Waals surface area contributed by atoms with Gasteiger partial charge in [-0.05, 0) is 26.0 Å². The first-order valence-electron chi connectivity index (χ1n) is 8.90. The molecule has 1 fully saturated rings. The third kappa shape index (κ3) is 4.07. The fourth-order valence-corrected chi connectivity index (χ4v) is 4.80. The number of piperazine rings is 1. The van der Waals surface area contributed by atoms with Gasteiger partial charge in [0, 0.05) is 56.1 Å². The Morgan fingerprint density at radius 2 is 2.00 bits per heavy atom. The minimum Gasteiger partial charge on any atom is -0.335 e. The van der Waals surface area contributed by atoms with Gasteiger partial charge in [-0.2, -0.15) is 0 Å². The summed E-state index contributed by atoms with van der Waals surface area (Å²) in [5.74, 6) is 0.0873. The average molecular weight is 400 g/mol. The first-order valence-corrected chi connectivity index (χ1v) is 10.6. The Balaban J connectivity index is 1.40. The van der Waals surface area contributed by atoms with Crippen molar-refractivity contribution in [1.29, 1.82) is 0 Å². The molecule has 0 radical (unpaired) electrons. The van der Waals surface area contributed by atoms with E-state index in [9.17, 15) is 4.79 Å². The van der Waals surface area contributed by atoms with Crippen molar-refractivity contribution in [3.63, 3.8) is 0 Å². The first kappa shape index (κ1) is 18.2. The number of hydrogen-bond acceptors (Lipinski definition) is 7. The molecule has 0 N–H and O–H groups in total. The number of pyridine rings is 1. The van der Waals surface area contributed by atoms with Crippen LogP contribution in [0, 0.1) is 13.8 Å². The van der Waals surface area contributed by atoms with E-state index in [-0.39, 0.29) is 5.91 Å². The minimum atomic E-state index is 0.0873. The molecule has 1 saturated heterocycles.